The summed E-state index contributed by atoms with van der Waals surface area (Å²) < 4.78 is 1.66. The Hall–Kier alpha value is -3.27. The van der Waals surface area contributed by atoms with E-state index in [4.69, 9.17) is 10.1 Å². The third kappa shape index (κ3) is 3.64. The van der Waals surface area contributed by atoms with Gasteiger partial charge in [-0.3, -0.25) is 9.59 Å². The number of carbonyl (C=O) groups excluding carboxylic acids is 1. The number of fused-ring (bicyclic) bond motifs is 4. The van der Waals surface area contributed by atoms with E-state index in [1.54, 1.807) is 10.6 Å². The maximum Gasteiger partial charge on any atom is 0.254 e. The minimum atomic E-state index is -1.32. The van der Waals surface area contributed by atoms with Crippen LogP contribution in [0, 0.1) is 11.8 Å². The number of aliphatic hydroxyl groups is 2. The van der Waals surface area contributed by atoms with Crippen molar-refractivity contribution in [2.24, 2.45) is 0 Å². The number of carbonyl (C=O) groups is 1. The number of ketones is 1. The molecule has 2 aromatic heterocycles. The second-order valence-corrected chi connectivity index (χ2v) is 7.93. The lowest BCUT2D eigenvalue weighted by Gasteiger charge is -2.16. The standard InChI is InChI=1S/C26H26N2O4/c1-3-9-23(30)25(31)19-14-22-24-20(15-28(22)26(32)16(19)4-2)17(10-7-8-13-29)18-11-5-6-12-21(18)27-24/h5-6,11-12,14,25,29,31H,3-4,8-9,13,15H2,1-2H3. The van der Waals surface area contributed by atoms with Gasteiger partial charge in [-0.1, -0.05) is 43.9 Å². The highest BCUT2D eigenvalue weighted by Crippen LogP contribution is 2.36. The summed E-state index contributed by atoms with van der Waals surface area (Å²) in [6.07, 6.45) is 0.339. The van der Waals surface area contributed by atoms with E-state index in [0.29, 0.717) is 48.3 Å². The first kappa shape index (κ1) is 21.9. The van der Waals surface area contributed by atoms with Crippen LogP contribution in [0.15, 0.2) is 35.1 Å². The van der Waals surface area contributed by atoms with Gasteiger partial charge in [-0.05, 0) is 30.5 Å². The van der Waals surface area contributed by atoms with Gasteiger partial charge in [-0.15, -0.1) is 0 Å². The SMILES string of the molecule is CCCC(=O)C(O)c1cc2n(c(=O)c1CC)Cc1c-2nc2ccccc2c1C#CCCO. The predicted octanol–water partition coefficient (Wildman–Crippen LogP) is 3.12. The Balaban J connectivity index is 1.97. The van der Waals surface area contributed by atoms with Crippen LogP contribution < -0.4 is 5.56 Å². The molecule has 3 heterocycles. The fraction of sp³-hybridized carbons (Fsp3) is 0.346. The molecule has 0 aliphatic carbocycles. The molecule has 1 aromatic carbocycles. The Morgan fingerprint density at radius 2 is 2.06 bits per heavy atom. The molecular formula is C26H26N2O4. The fourth-order valence-corrected chi connectivity index (χ4v) is 4.34. The van der Waals surface area contributed by atoms with Crippen molar-refractivity contribution in [1.29, 1.82) is 0 Å². The predicted molar refractivity (Wildman–Crippen MR) is 123 cm³/mol. The van der Waals surface area contributed by atoms with Crippen molar-refractivity contribution in [3.05, 3.63) is 62.9 Å². The monoisotopic (exact) mass is 430 g/mol. The molecule has 1 aliphatic heterocycles. The first-order valence-corrected chi connectivity index (χ1v) is 11.0. The third-order valence-corrected chi connectivity index (χ3v) is 5.89. The van der Waals surface area contributed by atoms with Crippen molar-refractivity contribution in [3.63, 3.8) is 0 Å². The minimum absolute atomic E-state index is 0.0230. The zero-order valence-corrected chi connectivity index (χ0v) is 18.3. The first-order valence-electron chi connectivity index (χ1n) is 11.0. The Morgan fingerprint density at radius 3 is 2.78 bits per heavy atom. The van der Waals surface area contributed by atoms with Gasteiger partial charge in [0.15, 0.2) is 5.78 Å². The number of aromatic nitrogens is 2. The van der Waals surface area contributed by atoms with E-state index in [-0.39, 0.29) is 24.4 Å². The summed E-state index contributed by atoms with van der Waals surface area (Å²) in [5.41, 5.74) is 4.26. The van der Waals surface area contributed by atoms with Gasteiger partial charge >= 0.3 is 0 Å². The van der Waals surface area contributed by atoms with E-state index in [0.717, 1.165) is 22.0 Å². The minimum Gasteiger partial charge on any atom is -0.395 e. The van der Waals surface area contributed by atoms with Gasteiger partial charge < -0.3 is 14.8 Å². The molecule has 32 heavy (non-hydrogen) atoms. The van der Waals surface area contributed by atoms with Gasteiger partial charge in [0.25, 0.3) is 5.56 Å². The molecule has 0 saturated heterocycles. The third-order valence-electron chi connectivity index (χ3n) is 5.89. The molecule has 164 valence electrons. The first-order chi connectivity index (χ1) is 15.5. The van der Waals surface area contributed by atoms with E-state index in [2.05, 4.69) is 11.8 Å². The lowest BCUT2D eigenvalue weighted by molar-refractivity contribution is -0.127. The van der Waals surface area contributed by atoms with Crippen molar-refractivity contribution in [3.8, 4) is 23.2 Å². The topological polar surface area (TPSA) is 92.4 Å². The summed E-state index contributed by atoms with van der Waals surface area (Å²) in [5, 5.41) is 20.8. The quantitative estimate of drug-likeness (QED) is 0.459. The Kier molecular flexibility index (Phi) is 6.22. The summed E-state index contributed by atoms with van der Waals surface area (Å²) in [4.78, 5) is 30.6. The fourth-order valence-electron chi connectivity index (χ4n) is 4.34. The van der Waals surface area contributed by atoms with Crippen LogP contribution in [-0.2, 0) is 17.8 Å². The van der Waals surface area contributed by atoms with Crippen LogP contribution in [0.25, 0.3) is 22.3 Å². The lowest BCUT2D eigenvalue weighted by atomic mass is 9.96. The van der Waals surface area contributed by atoms with Gasteiger partial charge in [-0.2, -0.15) is 0 Å². The molecule has 1 atom stereocenters. The van der Waals surface area contributed by atoms with Crippen LogP contribution in [0.4, 0.5) is 0 Å². The number of Topliss-reactive ketones (excluding diaryl/α,β-unsaturated/α-hetero) is 1. The maximum atomic E-state index is 13.4. The average Bonchev–Trinajstić information content (AvgIpc) is 3.17. The number of benzene rings is 1. The number of hydrogen-bond donors (Lipinski definition) is 2. The van der Waals surface area contributed by atoms with Crippen LogP contribution in [0.3, 0.4) is 0 Å². The van der Waals surface area contributed by atoms with E-state index in [9.17, 15) is 14.7 Å². The summed E-state index contributed by atoms with van der Waals surface area (Å²) in [7, 11) is 0. The van der Waals surface area contributed by atoms with Gasteiger partial charge in [0.1, 0.15) is 6.10 Å². The largest absolute Gasteiger partial charge is 0.395 e. The number of pyridine rings is 2. The summed E-state index contributed by atoms with van der Waals surface area (Å²) >= 11 is 0. The molecular weight excluding hydrogens is 404 g/mol. The van der Waals surface area contributed by atoms with Crippen molar-refractivity contribution in [2.75, 3.05) is 6.61 Å². The smallest absolute Gasteiger partial charge is 0.254 e. The van der Waals surface area contributed by atoms with Crippen LogP contribution >= 0.6 is 0 Å². The van der Waals surface area contributed by atoms with Crippen molar-refractivity contribution >= 4 is 16.7 Å². The number of para-hydroxylation sites is 1. The zero-order chi connectivity index (χ0) is 22.8. The highest BCUT2D eigenvalue weighted by molar-refractivity contribution is 5.91. The van der Waals surface area contributed by atoms with E-state index in [1.807, 2.05) is 38.1 Å². The molecule has 3 aromatic rings. The number of rotatable bonds is 6. The second-order valence-electron chi connectivity index (χ2n) is 7.93. The van der Waals surface area contributed by atoms with Gasteiger partial charge in [-0.25, -0.2) is 4.98 Å². The molecule has 0 bridgehead atoms. The Morgan fingerprint density at radius 1 is 1.28 bits per heavy atom. The van der Waals surface area contributed by atoms with Crippen molar-refractivity contribution in [2.45, 2.75) is 52.2 Å². The van der Waals surface area contributed by atoms with Crippen LogP contribution in [0.2, 0.25) is 0 Å². The number of nitrogens with zero attached hydrogens (tertiary/aromatic N) is 2. The molecule has 0 fully saturated rings. The molecule has 0 amide bonds. The summed E-state index contributed by atoms with van der Waals surface area (Å²) in [6.45, 7) is 4.04. The zero-order valence-electron chi connectivity index (χ0n) is 18.3. The Bertz CT molecular complexity index is 1330. The average molecular weight is 431 g/mol. The lowest BCUT2D eigenvalue weighted by Crippen LogP contribution is -2.27. The molecule has 0 saturated carbocycles. The molecule has 4 rings (SSSR count). The molecule has 2 N–H and O–H groups in total. The molecule has 6 heteroatoms. The van der Waals surface area contributed by atoms with E-state index >= 15 is 0 Å². The van der Waals surface area contributed by atoms with Gasteiger partial charge in [0, 0.05) is 34.9 Å². The number of hydrogen-bond acceptors (Lipinski definition) is 5. The van der Waals surface area contributed by atoms with Crippen molar-refractivity contribution in [1.82, 2.24) is 9.55 Å². The van der Waals surface area contributed by atoms with E-state index < -0.39 is 6.10 Å². The Labute approximate surface area is 186 Å². The molecule has 0 radical (unpaired) electrons. The van der Waals surface area contributed by atoms with Crippen LogP contribution in [0.5, 0.6) is 0 Å². The van der Waals surface area contributed by atoms with Crippen LogP contribution in [0.1, 0.15) is 61.5 Å². The summed E-state index contributed by atoms with van der Waals surface area (Å²) in [6, 6.07) is 9.41. The molecule has 1 aliphatic rings. The van der Waals surface area contributed by atoms with Crippen LogP contribution in [-0.4, -0.2) is 32.2 Å². The van der Waals surface area contributed by atoms with E-state index in [1.165, 1.54) is 0 Å². The highest BCUT2D eigenvalue weighted by atomic mass is 16.3. The number of aliphatic hydroxyl groups excluding tert-OH is 2. The molecule has 0 spiro atoms. The van der Waals surface area contributed by atoms with Gasteiger partial charge in [0.2, 0.25) is 0 Å². The molecule has 1 unspecified atom stereocenters. The molecule has 6 nitrogen and oxygen atoms in total. The van der Waals surface area contributed by atoms with Gasteiger partial charge in [0.05, 0.1) is 30.1 Å². The second kappa shape index (κ2) is 9.07. The maximum absolute atomic E-state index is 13.4. The van der Waals surface area contributed by atoms with Crippen molar-refractivity contribution < 1.29 is 15.0 Å². The summed E-state index contributed by atoms with van der Waals surface area (Å²) in [5.74, 6) is 5.89. The highest BCUT2D eigenvalue weighted by Gasteiger charge is 2.30. The normalized spacial score (nSPS) is 12.8.